The van der Waals surface area contributed by atoms with Crippen molar-refractivity contribution in [2.45, 2.75) is 13.8 Å². The molecule has 27 heavy (non-hydrogen) atoms. The zero-order chi connectivity index (χ0) is 19.0. The lowest BCUT2D eigenvalue weighted by Gasteiger charge is -2.13. The van der Waals surface area contributed by atoms with E-state index in [0.29, 0.717) is 0 Å². The number of benzene rings is 1. The van der Waals surface area contributed by atoms with Gasteiger partial charge in [-0.25, -0.2) is 0 Å². The fourth-order valence-electron chi connectivity index (χ4n) is 2.55. The summed E-state index contributed by atoms with van der Waals surface area (Å²) in [5, 5.41) is 19.3. The van der Waals surface area contributed by atoms with Crippen LogP contribution in [0.1, 0.15) is 21.9 Å². The van der Waals surface area contributed by atoms with Crippen LogP contribution in [0.15, 0.2) is 41.0 Å². The lowest BCUT2D eigenvalue weighted by Crippen LogP contribution is -2.34. The molecule has 0 atom stereocenters. The fraction of sp³-hybridized carbons (Fsp3) is 0.118. The minimum Gasteiger partial charge on any atom is -0.459 e. The highest BCUT2D eigenvalue weighted by Gasteiger charge is 2.15. The van der Waals surface area contributed by atoms with Gasteiger partial charge in [-0.05, 0) is 49.8 Å². The predicted molar refractivity (Wildman–Crippen MR) is 106 cm³/mol. The molecule has 2 N–H and O–H groups in total. The van der Waals surface area contributed by atoms with E-state index in [-0.39, 0.29) is 10.9 Å². The third kappa shape index (κ3) is 3.32. The molecule has 3 aromatic heterocycles. The quantitative estimate of drug-likeness (QED) is 0.512. The molecule has 1 amide bonds. The van der Waals surface area contributed by atoms with Gasteiger partial charge in [0.15, 0.2) is 16.7 Å². The predicted octanol–water partition coefficient (Wildman–Crippen LogP) is 3.19. The van der Waals surface area contributed by atoms with Gasteiger partial charge in [0.1, 0.15) is 5.01 Å². The molecule has 0 bridgehead atoms. The van der Waals surface area contributed by atoms with Crippen molar-refractivity contribution in [2.24, 2.45) is 0 Å². The van der Waals surface area contributed by atoms with Gasteiger partial charge in [0.2, 0.25) is 4.96 Å². The summed E-state index contributed by atoms with van der Waals surface area (Å²) in [6.45, 7) is 3.82. The molecule has 3 heterocycles. The van der Waals surface area contributed by atoms with Crippen molar-refractivity contribution in [1.29, 1.82) is 0 Å². The van der Waals surface area contributed by atoms with Gasteiger partial charge < -0.3 is 9.73 Å². The normalized spacial score (nSPS) is 10.9. The van der Waals surface area contributed by atoms with E-state index >= 15 is 0 Å². The van der Waals surface area contributed by atoms with Crippen molar-refractivity contribution in [3.8, 4) is 10.6 Å². The molecule has 0 unspecified atom stereocenters. The van der Waals surface area contributed by atoms with E-state index in [0.717, 1.165) is 32.6 Å². The number of nitrogens with one attached hydrogen (secondary N) is 2. The van der Waals surface area contributed by atoms with E-state index in [9.17, 15) is 4.79 Å². The monoisotopic (exact) mass is 398 g/mol. The molecule has 0 saturated heterocycles. The van der Waals surface area contributed by atoms with Gasteiger partial charge in [-0.15, -0.1) is 10.2 Å². The summed E-state index contributed by atoms with van der Waals surface area (Å²) < 4.78 is 6.77. The number of hydrogen-bond donors (Lipinski definition) is 2. The van der Waals surface area contributed by atoms with Gasteiger partial charge >= 0.3 is 0 Å². The zero-order valence-corrected chi connectivity index (χ0v) is 16.0. The first-order chi connectivity index (χ1) is 13.0. The minimum atomic E-state index is -0.407. The summed E-state index contributed by atoms with van der Waals surface area (Å²) in [5.74, 6) is 0.524. The van der Waals surface area contributed by atoms with Crippen LogP contribution in [0.2, 0.25) is 0 Å². The third-order valence-electron chi connectivity index (χ3n) is 3.93. The highest BCUT2D eigenvalue weighted by atomic mass is 32.1. The standard InChI is InChI=1S/C17H14N6O2S2/c1-9-11(15-22-23-10(2)20-21-17(23)27-15)5-3-6-12(9)18-16(26)19-14(24)13-7-4-8-25-13/h3-8H,1-2H3,(H2,18,19,24,26). The van der Waals surface area contributed by atoms with Gasteiger partial charge in [0, 0.05) is 11.3 Å². The lowest BCUT2D eigenvalue weighted by atomic mass is 10.1. The van der Waals surface area contributed by atoms with Crippen molar-refractivity contribution < 1.29 is 9.21 Å². The highest BCUT2D eigenvalue weighted by Crippen LogP contribution is 2.31. The van der Waals surface area contributed by atoms with Crippen LogP contribution in [0, 0.1) is 13.8 Å². The number of thiocarbonyl (C=S) groups is 1. The Balaban J connectivity index is 1.56. The number of furan rings is 1. The van der Waals surface area contributed by atoms with Crippen LogP contribution in [-0.2, 0) is 0 Å². The molecule has 10 heteroatoms. The van der Waals surface area contributed by atoms with E-state index in [1.54, 1.807) is 16.6 Å². The minimum absolute atomic E-state index is 0.186. The van der Waals surface area contributed by atoms with E-state index in [4.69, 9.17) is 16.6 Å². The molecular weight excluding hydrogens is 384 g/mol. The molecule has 0 aliphatic rings. The van der Waals surface area contributed by atoms with Crippen LogP contribution in [0.4, 0.5) is 5.69 Å². The number of carbonyl (C=O) groups is 1. The van der Waals surface area contributed by atoms with Crippen molar-refractivity contribution in [2.75, 3.05) is 5.32 Å². The summed E-state index contributed by atoms with van der Waals surface area (Å²) in [6.07, 6.45) is 1.43. The number of hydrogen-bond acceptors (Lipinski definition) is 7. The number of nitrogens with zero attached hydrogens (tertiary/aromatic N) is 4. The van der Waals surface area contributed by atoms with E-state index < -0.39 is 5.91 Å². The summed E-state index contributed by atoms with van der Waals surface area (Å²) in [7, 11) is 0. The average molecular weight is 398 g/mol. The first-order valence-corrected chi connectivity index (χ1v) is 9.20. The number of aromatic nitrogens is 4. The molecular formula is C17H14N6O2S2. The smallest absolute Gasteiger partial charge is 0.293 e. The lowest BCUT2D eigenvalue weighted by molar-refractivity contribution is 0.0950. The number of amides is 1. The first-order valence-electron chi connectivity index (χ1n) is 7.97. The Bertz CT molecular complexity index is 1150. The Labute approximate surface area is 163 Å². The van der Waals surface area contributed by atoms with Crippen LogP contribution in [-0.4, -0.2) is 30.8 Å². The maximum atomic E-state index is 12.0. The SMILES string of the molecule is Cc1c(NC(=S)NC(=O)c2ccco2)cccc1-c1nn2c(C)nnc2s1. The summed E-state index contributed by atoms with van der Waals surface area (Å²) in [4.78, 5) is 12.8. The van der Waals surface area contributed by atoms with Gasteiger partial charge in [0.05, 0.1) is 6.26 Å². The Morgan fingerprint density at radius 1 is 1.22 bits per heavy atom. The largest absolute Gasteiger partial charge is 0.459 e. The van der Waals surface area contributed by atoms with Crippen molar-refractivity contribution in [3.63, 3.8) is 0 Å². The molecule has 0 spiro atoms. The molecule has 1 aromatic carbocycles. The summed E-state index contributed by atoms with van der Waals surface area (Å²) >= 11 is 6.70. The number of aryl methyl sites for hydroxylation is 1. The molecule has 0 radical (unpaired) electrons. The van der Waals surface area contributed by atoms with E-state index in [2.05, 4.69) is 25.9 Å². The molecule has 4 aromatic rings. The second-order valence-electron chi connectivity index (χ2n) is 5.71. The van der Waals surface area contributed by atoms with Gasteiger partial charge in [-0.2, -0.15) is 9.61 Å². The zero-order valence-electron chi connectivity index (χ0n) is 14.4. The molecule has 136 valence electrons. The number of carbonyl (C=O) groups excluding carboxylic acids is 1. The van der Waals surface area contributed by atoms with E-state index in [1.807, 2.05) is 32.0 Å². The number of fused-ring (bicyclic) bond motifs is 1. The molecule has 0 saturated carbocycles. The first kappa shape index (κ1) is 17.3. The second-order valence-corrected chi connectivity index (χ2v) is 7.08. The topological polar surface area (TPSA) is 97.3 Å². The molecule has 0 aliphatic heterocycles. The van der Waals surface area contributed by atoms with Crippen molar-refractivity contribution >= 4 is 45.2 Å². The highest BCUT2D eigenvalue weighted by molar-refractivity contribution is 7.80. The van der Waals surface area contributed by atoms with Crippen molar-refractivity contribution in [3.05, 3.63) is 53.7 Å². The Kier molecular flexibility index (Phi) is 4.42. The van der Waals surface area contributed by atoms with Crippen LogP contribution in [0.3, 0.4) is 0 Å². The molecule has 0 fully saturated rings. The average Bonchev–Trinajstić information content (AvgIpc) is 3.36. The van der Waals surface area contributed by atoms with Gasteiger partial charge in [-0.1, -0.05) is 23.5 Å². The van der Waals surface area contributed by atoms with Gasteiger partial charge in [0.25, 0.3) is 5.91 Å². The second kappa shape index (κ2) is 6.89. The third-order valence-corrected chi connectivity index (χ3v) is 5.07. The Hall–Kier alpha value is -3.11. The fourth-order valence-corrected chi connectivity index (χ4v) is 3.72. The number of rotatable bonds is 3. The molecule has 8 nitrogen and oxygen atoms in total. The maximum Gasteiger partial charge on any atom is 0.293 e. The summed E-state index contributed by atoms with van der Waals surface area (Å²) in [5.41, 5.74) is 2.68. The maximum absolute atomic E-state index is 12.0. The van der Waals surface area contributed by atoms with Crippen LogP contribution >= 0.6 is 23.6 Å². The van der Waals surface area contributed by atoms with Crippen molar-refractivity contribution in [1.82, 2.24) is 25.1 Å². The Morgan fingerprint density at radius 2 is 2.07 bits per heavy atom. The van der Waals surface area contributed by atoms with Crippen LogP contribution < -0.4 is 10.6 Å². The van der Waals surface area contributed by atoms with Gasteiger partial charge in [-0.3, -0.25) is 10.1 Å². The van der Waals surface area contributed by atoms with E-state index in [1.165, 1.54) is 17.6 Å². The van der Waals surface area contributed by atoms with Crippen LogP contribution in [0.25, 0.3) is 15.5 Å². The molecule has 4 rings (SSSR count). The number of anilines is 1. The molecule has 0 aliphatic carbocycles. The van der Waals surface area contributed by atoms with Crippen LogP contribution in [0.5, 0.6) is 0 Å². The summed E-state index contributed by atoms with van der Waals surface area (Å²) in [6, 6.07) is 8.97. The Morgan fingerprint density at radius 3 is 2.81 bits per heavy atom.